The Morgan fingerprint density at radius 1 is 0.242 bits per heavy atom. The Hall–Kier alpha value is -6.66. The average molecular weight is 1710 g/mol. The van der Waals surface area contributed by atoms with Crippen molar-refractivity contribution in [2.24, 2.45) is 10.8 Å². The molecular formula is C118H182F6. The van der Waals surface area contributed by atoms with Gasteiger partial charge in [0, 0.05) is 0 Å². The first-order valence-electron chi connectivity index (χ1n) is 45.1. The molecule has 696 valence electrons. The largest absolute Gasteiger partial charge is 0.403 e. The summed E-state index contributed by atoms with van der Waals surface area (Å²) in [5, 5.41) is 0. The molecule has 4 saturated carbocycles. The summed E-state index contributed by atoms with van der Waals surface area (Å²) < 4.78 is 79.4. The zero-order valence-corrected chi connectivity index (χ0v) is 80.2. The van der Waals surface area contributed by atoms with Crippen LogP contribution in [0.25, 0.3) is 22.3 Å². The van der Waals surface area contributed by atoms with Crippen molar-refractivity contribution in [2.45, 2.75) is 451 Å². The predicted molar refractivity (Wildman–Crippen MR) is 541 cm³/mol. The molecule has 0 N–H and O–H groups in total. The zero-order valence-electron chi connectivity index (χ0n) is 80.2. The zero-order chi connectivity index (χ0) is 88.8. The molecule has 0 aromatic heterocycles. The van der Waals surface area contributed by atoms with Gasteiger partial charge in [0.25, 0.3) is 0 Å². The number of rotatable bonds is 6. The predicted octanol–water partition coefficient (Wildman–Crippen LogP) is 39.2. The van der Waals surface area contributed by atoms with Crippen LogP contribution in [0.15, 0.2) is 127 Å². The summed E-state index contributed by atoms with van der Waals surface area (Å²) >= 11 is 0. The van der Waals surface area contributed by atoms with Gasteiger partial charge in [-0.25, -0.2) is 0 Å². The first-order chi connectivity index (χ1) is 54.2. The second kappa shape index (κ2) is 45.5. The number of alkyl halides is 6. The lowest BCUT2D eigenvalue weighted by Gasteiger charge is -2.42. The van der Waals surface area contributed by atoms with Crippen molar-refractivity contribution in [3.8, 4) is 22.3 Å². The number of halogens is 6. The van der Waals surface area contributed by atoms with Gasteiger partial charge in [0.2, 0.25) is 0 Å². The van der Waals surface area contributed by atoms with E-state index in [1.165, 1.54) is 184 Å². The van der Waals surface area contributed by atoms with Gasteiger partial charge in [0.05, 0.1) is 0 Å². The lowest BCUT2D eigenvalue weighted by molar-refractivity contribution is -0.350. The molecule has 0 unspecified atom stereocenters. The molecule has 4 fully saturated rings. The van der Waals surface area contributed by atoms with Crippen molar-refractivity contribution >= 4 is 0 Å². The van der Waals surface area contributed by atoms with E-state index in [0.717, 1.165) is 40.0 Å². The molecule has 0 aliphatic heterocycles. The standard InChI is InChI=1S/C20H26F6.C20H32.C19H24.C18H28.C18H22.C17H26.6CH4/c1-12-10-15(11-16(13(12)2)17(3,4)5)14-6-8-18(9-7-14,19(21,22)23)20(24,25)26;1-14-12-17(13-18(15(14)2)19(3,4)5)16-8-10-20(6,7)11-9-16;1-13-9-7-8-10-17(13)16-11-14(2)15(3)18(12-16)19(4,5)6;2*1-13-11-16(15-9-7-6-8-10-15)12-17(14(13)2)18(3,4)5;1-12-10-15(14-8-6-7-9-14)11-16(13(12)2)17(3,4)5;;;;;;/h10-11,14H,6-9H2,1-5H3;12-13,16H,8-11H2,1-7H3;7-12H,1-6H3;11-12,15H,6-10H2,1-5H3;6-12H,1-5H3;10-11,14H,6-9H2,1-5H3;6*1H4. The topological polar surface area (TPSA) is 0 Å². The van der Waals surface area contributed by atoms with Crippen LogP contribution in [-0.4, -0.2) is 12.4 Å². The van der Waals surface area contributed by atoms with Gasteiger partial charge in [0.1, 0.15) is 0 Å². The highest BCUT2D eigenvalue weighted by atomic mass is 19.4. The summed E-state index contributed by atoms with van der Waals surface area (Å²) in [5.41, 5.74) is 35.5. The lowest BCUT2D eigenvalue weighted by Crippen LogP contribution is -2.51. The van der Waals surface area contributed by atoms with E-state index in [2.05, 4.69) is 330 Å². The fourth-order valence-electron chi connectivity index (χ4n) is 19.3. The molecule has 0 radical (unpaired) electrons. The van der Waals surface area contributed by atoms with Crippen molar-refractivity contribution in [3.63, 3.8) is 0 Å². The smallest absolute Gasteiger partial charge is 0.170 e. The van der Waals surface area contributed by atoms with E-state index in [-0.39, 0.29) is 95.8 Å². The molecule has 0 atom stereocenters. The lowest BCUT2D eigenvalue weighted by atomic mass is 9.67. The Morgan fingerprint density at radius 2 is 0.476 bits per heavy atom. The monoisotopic (exact) mass is 1710 g/mol. The third-order valence-electron chi connectivity index (χ3n) is 27.6. The number of benzene rings is 8. The minimum Gasteiger partial charge on any atom is -0.170 e. The second-order valence-corrected chi connectivity index (χ2v) is 43.8. The van der Waals surface area contributed by atoms with E-state index in [0.29, 0.717) is 5.41 Å². The number of aryl methyl sites for hydroxylation is 7. The molecule has 4 aliphatic carbocycles. The van der Waals surface area contributed by atoms with E-state index >= 15 is 0 Å². The van der Waals surface area contributed by atoms with Crippen LogP contribution < -0.4 is 0 Å². The average Bonchev–Trinajstić information content (AvgIpc) is 0.788. The van der Waals surface area contributed by atoms with E-state index in [9.17, 15) is 26.3 Å². The van der Waals surface area contributed by atoms with Crippen LogP contribution in [-0.2, 0) is 32.5 Å². The van der Waals surface area contributed by atoms with Crippen LogP contribution in [0, 0.1) is 101 Å². The van der Waals surface area contributed by atoms with Crippen molar-refractivity contribution < 1.29 is 26.3 Å². The quantitative estimate of drug-likeness (QED) is 0.146. The molecule has 8 aromatic carbocycles. The Balaban J connectivity index is 0.000000741. The highest BCUT2D eigenvalue weighted by molar-refractivity contribution is 5.70. The maximum atomic E-state index is 13.2. The van der Waals surface area contributed by atoms with Gasteiger partial charge in [-0.3, -0.25) is 0 Å². The first kappa shape index (κ1) is 115. The Morgan fingerprint density at radius 3 is 0.758 bits per heavy atom. The summed E-state index contributed by atoms with van der Waals surface area (Å²) in [4.78, 5) is 0. The molecule has 124 heavy (non-hydrogen) atoms. The molecular weight excluding hydrogens is 1530 g/mol. The fraction of sp³-hybridized carbons (Fsp3) is 0.593. The van der Waals surface area contributed by atoms with Gasteiger partial charge in [0.15, 0.2) is 5.41 Å². The van der Waals surface area contributed by atoms with Gasteiger partial charge >= 0.3 is 12.4 Å². The molecule has 4 aliphatic rings. The van der Waals surface area contributed by atoms with Crippen molar-refractivity contribution in [1.29, 1.82) is 0 Å². The summed E-state index contributed by atoms with van der Waals surface area (Å²) in [5.74, 6) is 2.16. The highest BCUT2D eigenvalue weighted by Gasteiger charge is 2.70. The molecule has 0 spiro atoms. The molecule has 0 nitrogen and oxygen atoms in total. The summed E-state index contributed by atoms with van der Waals surface area (Å²) in [6.07, 6.45) is 5.61. The maximum absolute atomic E-state index is 13.2. The van der Waals surface area contributed by atoms with E-state index in [4.69, 9.17) is 0 Å². The van der Waals surface area contributed by atoms with Crippen LogP contribution in [0.3, 0.4) is 0 Å². The summed E-state index contributed by atoms with van der Waals surface area (Å²) in [6.45, 7) is 74.3. The van der Waals surface area contributed by atoms with Gasteiger partial charge in [-0.1, -0.05) is 343 Å². The van der Waals surface area contributed by atoms with Crippen LogP contribution in [0.5, 0.6) is 0 Å². The van der Waals surface area contributed by atoms with E-state index < -0.39 is 30.6 Å². The molecule has 0 amide bonds. The normalized spacial score (nSPS) is 15.9. The molecule has 12 rings (SSSR count). The van der Waals surface area contributed by atoms with Crippen LogP contribution >= 0.6 is 0 Å². The molecule has 0 bridgehead atoms. The van der Waals surface area contributed by atoms with Crippen LogP contribution in [0.2, 0.25) is 0 Å². The summed E-state index contributed by atoms with van der Waals surface area (Å²) in [7, 11) is 0. The van der Waals surface area contributed by atoms with Gasteiger partial charge in [-0.2, -0.15) is 26.3 Å². The Kier molecular flexibility index (Phi) is 42.4. The molecule has 6 heteroatoms. The molecule has 0 heterocycles. The van der Waals surface area contributed by atoms with Crippen molar-refractivity contribution in [3.05, 3.63) is 255 Å². The third-order valence-corrected chi connectivity index (χ3v) is 27.6. The maximum Gasteiger partial charge on any atom is 0.403 e. The van der Waals surface area contributed by atoms with Crippen LogP contribution in [0.4, 0.5) is 26.3 Å². The highest BCUT2D eigenvalue weighted by Crippen LogP contribution is 2.60. The Bertz CT molecular complexity index is 4600. The number of hydrogen-bond donors (Lipinski definition) is 0. The summed E-state index contributed by atoms with van der Waals surface area (Å²) in [6, 6.07) is 47.3. The molecule has 8 aromatic rings. The first-order valence-corrected chi connectivity index (χ1v) is 45.1. The Labute approximate surface area is 760 Å². The van der Waals surface area contributed by atoms with Gasteiger partial charge in [-0.05, 0) is 379 Å². The van der Waals surface area contributed by atoms with Gasteiger partial charge < -0.3 is 0 Å². The number of hydrogen-bond acceptors (Lipinski definition) is 0. The second-order valence-electron chi connectivity index (χ2n) is 43.8. The fourth-order valence-corrected chi connectivity index (χ4v) is 19.3. The van der Waals surface area contributed by atoms with Crippen molar-refractivity contribution in [1.82, 2.24) is 0 Å². The molecule has 0 saturated heterocycles. The van der Waals surface area contributed by atoms with Crippen molar-refractivity contribution in [2.75, 3.05) is 0 Å². The van der Waals surface area contributed by atoms with E-state index in [1.54, 1.807) is 27.8 Å². The minimum atomic E-state index is -5.27. The van der Waals surface area contributed by atoms with Crippen LogP contribution in [0.1, 0.15) is 444 Å². The SMILES string of the molecule is C.C.C.C.C.C.Cc1cc(-c2ccccc2)cc(C(C)(C)C)c1C.Cc1cc(C2CCC(C(F)(F)F)(C(F)(F)F)CC2)cc(C(C)(C)C)c1C.Cc1cc(C2CCC(C)(C)CC2)cc(C(C)(C)C)c1C.Cc1cc(C2CCCC2)cc(C(C)(C)C)c1C.Cc1cc(C2CCCCC2)cc(C(C)(C)C)c1C.Cc1ccccc1-c1cc(C)c(C)c(C(C)(C)C)c1. The minimum absolute atomic E-state index is 0. The van der Waals surface area contributed by atoms with E-state index in [1.807, 2.05) is 26.0 Å². The van der Waals surface area contributed by atoms with Gasteiger partial charge in [-0.15, -0.1) is 0 Å². The third kappa shape index (κ3) is 29.7.